The van der Waals surface area contributed by atoms with E-state index in [1.165, 1.54) is 11.3 Å². The number of hydrogen-bond donors (Lipinski definition) is 1. The molecule has 0 unspecified atom stereocenters. The number of thiophene rings is 1. The van der Waals surface area contributed by atoms with E-state index in [1.807, 2.05) is 5.38 Å². The summed E-state index contributed by atoms with van der Waals surface area (Å²) in [7, 11) is 0. The van der Waals surface area contributed by atoms with E-state index in [1.54, 1.807) is 12.1 Å². The molecule has 1 saturated carbocycles. The predicted octanol–water partition coefficient (Wildman–Crippen LogP) is 2.15. The summed E-state index contributed by atoms with van der Waals surface area (Å²) in [6, 6.07) is 6.15. The van der Waals surface area contributed by atoms with Crippen LogP contribution in [0.5, 0.6) is 0 Å². The number of ketones is 1. The zero-order chi connectivity index (χ0) is 22.6. The third-order valence-electron chi connectivity index (χ3n) is 5.74. The number of ether oxygens (including phenoxy) is 2. The first-order chi connectivity index (χ1) is 15.3. The normalized spacial score (nSPS) is 28.8. The SMILES string of the molecule is O=C(N/N=C1/[C@H]2OC[C@@H](O2)[C@@H]2[C@H](C(=O)c3cccs3)[C@H]12)c1cc([N+](=O)[O-])cc([N+](=O)[O-])c1. The van der Waals surface area contributed by atoms with Gasteiger partial charge in [0.25, 0.3) is 17.3 Å². The van der Waals surface area contributed by atoms with Crippen LogP contribution in [-0.2, 0) is 9.47 Å². The van der Waals surface area contributed by atoms with Gasteiger partial charge in [-0.2, -0.15) is 5.10 Å². The fraction of sp³-hybridized carbons (Fsp3) is 0.316. The molecule has 3 heterocycles. The Balaban J connectivity index is 1.39. The van der Waals surface area contributed by atoms with E-state index in [-0.39, 0.29) is 35.2 Å². The second-order valence-corrected chi connectivity index (χ2v) is 8.49. The molecule has 2 aliphatic heterocycles. The van der Waals surface area contributed by atoms with E-state index in [2.05, 4.69) is 10.5 Å². The molecule has 2 saturated heterocycles. The Bertz CT molecular complexity index is 1150. The summed E-state index contributed by atoms with van der Waals surface area (Å²) in [4.78, 5) is 46.5. The molecular weight excluding hydrogens is 444 g/mol. The molecule has 1 N–H and O–H groups in total. The van der Waals surface area contributed by atoms with Crippen LogP contribution in [0, 0.1) is 38.0 Å². The molecule has 5 rings (SSSR count). The molecule has 5 atom stereocenters. The van der Waals surface area contributed by atoms with Gasteiger partial charge in [0.15, 0.2) is 12.1 Å². The lowest BCUT2D eigenvalue weighted by atomic mass is 10.1. The Morgan fingerprint density at radius 3 is 2.50 bits per heavy atom. The van der Waals surface area contributed by atoms with Crippen molar-refractivity contribution in [3.8, 4) is 0 Å². The number of carbonyl (C=O) groups is 2. The van der Waals surface area contributed by atoms with Crippen LogP contribution in [0.25, 0.3) is 0 Å². The maximum atomic E-state index is 12.9. The van der Waals surface area contributed by atoms with Gasteiger partial charge in [-0.05, 0) is 11.4 Å². The minimum absolute atomic E-state index is 0.0144. The highest BCUT2D eigenvalue weighted by molar-refractivity contribution is 7.12. The number of hydrogen-bond acceptors (Lipinski definition) is 10. The predicted molar refractivity (Wildman–Crippen MR) is 108 cm³/mol. The zero-order valence-corrected chi connectivity index (χ0v) is 16.9. The van der Waals surface area contributed by atoms with E-state index in [0.29, 0.717) is 17.2 Å². The molecule has 1 aliphatic carbocycles. The van der Waals surface area contributed by atoms with Crippen molar-refractivity contribution in [2.24, 2.45) is 22.9 Å². The first kappa shape index (κ1) is 20.4. The molecule has 1 aromatic carbocycles. The highest BCUT2D eigenvalue weighted by Crippen LogP contribution is 2.57. The molecule has 1 aromatic heterocycles. The van der Waals surface area contributed by atoms with Crippen LogP contribution in [0.3, 0.4) is 0 Å². The average Bonchev–Trinajstić information content (AvgIpc) is 3.12. The summed E-state index contributed by atoms with van der Waals surface area (Å²) >= 11 is 1.35. The van der Waals surface area contributed by atoms with Gasteiger partial charge >= 0.3 is 0 Å². The van der Waals surface area contributed by atoms with Crippen molar-refractivity contribution in [1.29, 1.82) is 0 Å². The molecule has 32 heavy (non-hydrogen) atoms. The van der Waals surface area contributed by atoms with E-state index >= 15 is 0 Å². The van der Waals surface area contributed by atoms with Gasteiger partial charge in [0, 0.05) is 29.9 Å². The van der Waals surface area contributed by atoms with Gasteiger partial charge in [-0.3, -0.25) is 29.8 Å². The Kier molecular flexibility index (Phi) is 4.80. The number of amides is 1. The number of non-ortho nitro benzene ring substituents is 2. The minimum Gasteiger partial charge on any atom is -0.344 e. The van der Waals surface area contributed by atoms with Crippen LogP contribution >= 0.6 is 11.3 Å². The zero-order valence-electron chi connectivity index (χ0n) is 16.1. The van der Waals surface area contributed by atoms with Crippen LogP contribution < -0.4 is 5.43 Å². The Morgan fingerprint density at radius 1 is 1.16 bits per heavy atom. The highest BCUT2D eigenvalue weighted by Gasteiger charge is 2.67. The molecule has 12 nitrogen and oxygen atoms in total. The summed E-state index contributed by atoms with van der Waals surface area (Å²) in [6.07, 6.45) is -1.03. The average molecular weight is 458 g/mol. The molecule has 13 heteroatoms. The van der Waals surface area contributed by atoms with Crippen molar-refractivity contribution < 1.29 is 28.9 Å². The monoisotopic (exact) mass is 458 g/mol. The van der Waals surface area contributed by atoms with Crippen molar-refractivity contribution in [3.63, 3.8) is 0 Å². The van der Waals surface area contributed by atoms with Gasteiger partial charge < -0.3 is 9.47 Å². The number of fused-ring (bicyclic) bond motifs is 4. The van der Waals surface area contributed by atoms with Gasteiger partial charge in [-0.1, -0.05) is 6.07 Å². The molecule has 2 aromatic rings. The van der Waals surface area contributed by atoms with Crippen LogP contribution in [0.15, 0.2) is 40.8 Å². The molecule has 0 spiro atoms. The lowest BCUT2D eigenvalue weighted by molar-refractivity contribution is -0.394. The highest BCUT2D eigenvalue weighted by atomic mass is 32.1. The maximum Gasteiger partial charge on any atom is 0.277 e. The van der Waals surface area contributed by atoms with Crippen molar-refractivity contribution in [2.75, 3.05) is 6.61 Å². The van der Waals surface area contributed by atoms with Crippen molar-refractivity contribution in [1.82, 2.24) is 5.43 Å². The molecule has 0 radical (unpaired) electrons. The lowest BCUT2D eigenvalue weighted by Crippen LogP contribution is -2.33. The molecule has 2 bridgehead atoms. The van der Waals surface area contributed by atoms with Gasteiger partial charge in [0.2, 0.25) is 0 Å². The number of Topliss-reactive ketones (excluding diaryl/α,β-unsaturated/α-hetero) is 1. The van der Waals surface area contributed by atoms with Crippen molar-refractivity contribution in [2.45, 2.75) is 12.4 Å². The molecule has 1 amide bonds. The molecule has 3 aliphatic rings. The fourth-order valence-electron chi connectivity index (χ4n) is 4.28. The lowest BCUT2D eigenvalue weighted by Gasteiger charge is -2.18. The molecule has 164 valence electrons. The minimum atomic E-state index is -0.872. The first-order valence-corrected chi connectivity index (χ1v) is 10.4. The van der Waals surface area contributed by atoms with Crippen LogP contribution in [0.2, 0.25) is 0 Å². The van der Waals surface area contributed by atoms with Crippen molar-refractivity contribution in [3.05, 3.63) is 66.4 Å². The topological polar surface area (TPSA) is 163 Å². The molecule has 3 fully saturated rings. The number of carbonyl (C=O) groups excluding carboxylic acids is 2. The van der Waals surface area contributed by atoms with E-state index in [9.17, 15) is 29.8 Å². The Morgan fingerprint density at radius 2 is 1.88 bits per heavy atom. The first-order valence-electron chi connectivity index (χ1n) is 9.51. The number of nitrogens with one attached hydrogen (secondary N) is 1. The largest absolute Gasteiger partial charge is 0.344 e. The van der Waals surface area contributed by atoms with Crippen LogP contribution in [0.4, 0.5) is 11.4 Å². The Labute approximate surface area is 183 Å². The van der Waals surface area contributed by atoms with E-state index in [4.69, 9.17) is 9.47 Å². The smallest absolute Gasteiger partial charge is 0.277 e. The third kappa shape index (κ3) is 3.36. The van der Waals surface area contributed by atoms with Gasteiger partial charge in [0.1, 0.15) is 0 Å². The second kappa shape index (κ2) is 7.55. The number of nitrogens with zero attached hydrogens (tertiary/aromatic N) is 3. The van der Waals surface area contributed by atoms with Gasteiger partial charge in [0.05, 0.1) is 44.8 Å². The van der Waals surface area contributed by atoms with E-state index < -0.39 is 33.4 Å². The van der Waals surface area contributed by atoms with Gasteiger partial charge in [-0.15, -0.1) is 11.3 Å². The van der Waals surface area contributed by atoms with Crippen molar-refractivity contribution >= 4 is 40.1 Å². The standard InChI is InChI=1S/C19H14N4O8S/c24-17(12-2-1-3-32-12)15-13-11-7-30-19(31-11)16(14(13)15)20-21-18(25)8-4-9(22(26)27)6-10(5-8)23(28)29/h1-6,11,13-15,19H,7H2,(H,21,25)/b20-16+/t11-,13+,14-,15+,19+/m1/s1. The molecular formula is C19H14N4O8S. The fourth-order valence-corrected chi connectivity index (χ4v) is 4.99. The number of nitro groups is 2. The summed E-state index contributed by atoms with van der Waals surface area (Å²) in [6.45, 7) is 0.310. The number of rotatable bonds is 6. The van der Waals surface area contributed by atoms with Gasteiger partial charge in [-0.25, -0.2) is 5.43 Å². The van der Waals surface area contributed by atoms with Crippen LogP contribution in [-0.4, -0.2) is 46.2 Å². The summed E-state index contributed by atoms with van der Waals surface area (Å²) in [5.74, 6) is -1.59. The second-order valence-electron chi connectivity index (χ2n) is 7.54. The Hall–Kier alpha value is -3.55. The van der Waals surface area contributed by atoms with E-state index in [0.717, 1.165) is 18.2 Å². The summed E-state index contributed by atoms with van der Waals surface area (Å²) in [5, 5.41) is 28.0. The number of benzene rings is 1. The summed E-state index contributed by atoms with van der Waals surface area (Å²) < 4.78 is 11.3. The van der Waals surface area contributed by atoms with Crippen LogP contribution in [0.1, 0.15) is 20.0 Å². The third-order valence-corrected chi connectivity index (χ3v) is 6.62. The quantitative estimate of drug-likeness (QED) is 0.391. The number of nitro benzene ring substituents is 2. The summed E-state index contributed by atoms with van der Waals surface area (Å²) in [5.41, 5.74) is 1.14. The number of hydrazone groups is 1. The maximum absolute atomic E-state index is 12.9.